The van der Waals surface area contributed by atoms with E-state index in [1.165, 1.54) is 0 Å². The van der Waals surface area contributed by atoms with E-state index in [-0.39, 0.29) is 0 Å². The van der Waals surface area contributed by atoms with Gasteiger partial charge in [0.15, 0.2) is 0 Å². The molecule has 1 unspecified atom stereocenters. The monoisotopic (exact) mass is 268 g/mol. The highest BCUT2D eigenvalue weighted by molar-refractivity contribution is 9.12. The summed E-state index contributed by atoms with van der Waals surface area (Å²) in [7, 11) is 0. The lowest BCUT2D eigenvalue weighted by Gasteiger charge is -2.19. The van der Waals surface area contributed by atoms with Gasteiger partial charge in [-0.3, -0.25) is 0 Å². The number of allylic oxidation sites excluding steroid dienone is 4. The van der Waals surface area contributed by atoms with E-state index in [1.807, 2.05) is 12.2 Å². The Labute approximate surface area is 76.4 Å². The average Bonchev–Trinajstić information content (AvgIpc) is 1.88. The first kappa shape index (κ1) is 8.47. The molecular weight excluding hydrogens is 263 g/mol. The minimum atomic E-state index is -1.19. The van der Waals surface area contributed by atoms with Gasteiger partial charge in [-0.1, -0.05) is 44.0 Å². The zero-order valence-electron chi connectivity index (χ0n) is 5.28. The van der Waals surface area contributed by atoms with Crippen molar-refractivity contribution in [3.8, 4) is 0 Å². The minimum Gasteiger partial charge on any atom is -0.238 e. The van der Waals surface area contributed by atoms with E-state index in [0.29, 0.717) is 11.8 Å². The molecular formula is C7H7Br2F. The van der Waals surface area contributed by atoms with Gasteiger partial charge < -0.3 is 0 Å². The zero-order valence-corrected chi connectivity index (χ0v) is 8.45. The number of hydrogen-bond acceptors (Lipinski definition) is 0. The molecule has 10 heavy (non-hydrogen) atoms. The normalized spacial score (nSPS) is 32.1. The second-order valence-corrected chi connectivity index (χ2v) is 3.78. The van der Waals surface area contributed by atoms with Crippen LogP contribution >= 0.6 is 31.9 Å². The van der Waals surface area contributed by atoms with E-state index in [0.717, 1.165) is 4.48 Å². The van der Waals surface area contributed by atoms with E-state index >= 15 is 0 Å². The molecule has 0 nitrogen and oxygen atoms in total. The molecule has 0 aromatic rings. The van der Waals surface area contributed by atoms with Crippen molar-refractivity contribution in [2.24, 2.45) is 0 Å². The van der Waals surface area contributed by atoms with Crippen LogP contribution in [0.15, 0.2) is 22.7 Å². The predicted octanol–water partition coefficient (Wildman–Crippen LogP) is 3.33. The molecule has 0 heterocycles. The molecule has 0 aromatic heterocycles. The SMILES string of the molecule is FC1(CBr)C=C(Br)C=CC1. The Morgan fingerprint density at radius 2 is 2.40 bits per heavy atom. The van der Waals surface area contributed by atoms with E-state index < -0.39 is 5.67 Å². The van der Waals surface area contributed by atoms with Gasteiger partial charge in [0.25, 0.3) is 0 Å². The van der Waals surface area contributed by atoms with Gasteiger partial charge in [-0.05, 0) is 6.08 Å². The van der Waals surface area contributed by atoms with Crippen LogP contribution in [0.5, 0.6) is 0 Å². The van der Waals surface area contributed by atoms with Crippen LogP contribution in [-0.2, 0) is 0 Å². The number of hydrogen-bond donors (Lipinski definition) is 0. The average molecular weight is 270 g/mol. The molecule has 0 N–H and O–H groups in total. The second kappa shape index (κ2) is 3.18. The summed E-state index contributed by atoms with van der Waals surface area (Å²) >= 11 is 6.34. The highest BCUT2D eigenvalue weighted by Gasteiger charge is 2.25. The molecule has 0 saturated carbocycles. The third kappa shape index (κ3) is 1.92. The molecule has 1 rings (SSSR count). The van der Waals surface area contributed by atoms with Crippen molar-refractivity contribution >= 4 is 31.9 Å². The predicted molar refractivity (Wildman–Crippen MR) is 48.4 cm³/mol. The van der Waals surface area contributed by atoms with Gasteiger partial charge in [0.1, 0.15) is 5.67 Å². The summed E-state index contributed by atoms with van der Waals surface area (Å²) in [6.07, 6.45) is 5.74. The van der Waals surface area contributed by atoms with E-state index in [9.17, 15) is 4.39 Å². The van der Waals surface area contributed by atoms with Gasteiger partial charge in [-0.2, -0.15) is 0 Å². The van der Waals surface area contributed by atoms with Gasteiger partial charge in [0.05, 0.1) is 0 Å². The fraction of sp³-hybridized carbons (Fsp3) is 0.429. The maximum atomic E-state index is 13.3. The van der Waals surface area contributed by atoms with Crippen molar-refractivity contribution in [1.82, 2.24) is 0 Å². The first-order chi connectivity index (χ1) is 4.66. The first-order valence-electron chi connectivity index (χ1n) is 2.96. The quantitative estimate of drug-likeness (QED) is 0.641. The Bertz CT molecular complexity index is 186. The third-order valence-corrected chi connectivity index (χ3v) is 2.78. The summed E-state index contributed by atoms with van der Waals surface area (Å²) in [5, 5.41) is 0.361. The summed E-state index contributed by atoms with van der Waals surface area (Å²) < 4.78 is 14.2. The fourth-order valence-corrected chi connectivity index (χ4v) is 1.80. The van der Waals surface area contributed by atoms with Gasteiger partial charge >= 0.3 is 0 Å². The van der Waals surface area contributed by atoms with Gasteiger partial charge in [0.2, 0.25) is 0 Å². The molecule has 1 aliphatic rings. The summed E-state index contributed by atoms with van der Waals surface area (Å²) in [5.74, 6) is 0. The summed E-state index contributed by atoms with van der Waals surface area (Å²) in [5.41, 5.74) is -1.19. The van der Waals surface area contributed by atoms with Crippen LogP contribution in [0.1, 0.15) is 6.42 Å². The van der Waals surface area contributed by atoms with Crippen molar-refractivity contribution < 1.29 is 4.39 Å². The maximum absolute atomic E-state index is 13.3. The van der Waals surface area contributed by atoms with Crippen LogP contribution in [0.4, 0.5) is 4.39 Å². The molecule has 0 aliphatic heterocycles. The van der Waals surface area contributed by atoms with Crippen molar-refractivity contribution in [2.45, 2.75) is 12.1 Å². The largest absolute Gasteiger partial charge is 0.238 e. The first-order valence-corrected chi connectivity index (χ1v) is 4.87. The van der Waals surface area contributed by atoms with E-state index in [1.54, 1.807) is 6.08 Å². The maximum Gasteiger partial charge on any atom is 0.143 e. The molecule has 1 atom stereocenters. The van der Waals surface area contributed by atoms with Crippen LogP contribution in [0.3, 0.4) is 0 Å². The molecule has 0 amide bonds. The van der Waals surface area contributed by atoms with Crippen molar-refractivity contribution in [1.29, 1.82) is 0 Å². The highest BCUT2D eigenvalue weighted by Crippen LogP contribution is 2.29. The lowest BCUT2D eigenvalue weighted by atomic mass is 10.0. The molecule has 0 aromatic carbocycles. The Kier molecular flexibility index (Phi) is 2.69. The third-order valence-electron chi connectivity index (χ3n) is 1.35. The Balaban J connectivity index is 2.76. The zero-order chi connectivity index (χ0) is 7.61. The molecule has 3 heteroatoms. The number of rotatable bonds is 1. The lowest BCUT2D eigenvalue weighted by Crippen LogP contribution is -2.22. The Morgan fingerprint density at radius 3 is 2.80 bits per heavy atom. The van der Waals surface area contributed by atoms with Crippen LogP contribution in [0.25, 0.3) is 0 Å². The second-order valence-electron chi connectivity index (χ2n) is 2.30. The molecule has 56 valence electrons. The van der Waals surface area contributed by atoms with Gasteiger partial charge in [0, 0.05) is 16.2 Å². The van der Waals surface area contributed by atoms with E-state index in [2.05, 4.69) is 31.9 Å². The molecule has 0 radical (unpaired) electrons. The molecule has 1 aliphatic carbocycles. The lowest BCUT2D eigenvalue weighted by molar-refractivity contribution is 0.267. The fourth-order valence-electron chi connectivity index (χ4n) is 0.815. The molecule has 0 bridgehead atoms. The van der Waals surface area contributed by atoms with Crippen molar-refractivity contribution in [3.05, 3.63) is 22.7 Å². The van der Waals surface area contributed by atoms with Crippen molar-refractivity contribution in [3.63, 3.8) is 0 Å². The smallest absolute Gasteiger partial charge is 0.143 e. The minimum absolute atomic E-state index is 0.361. The van der Waals surface area contributed by atoms with Gasteiger partial charge in [-0.15, -0.1) is 0 Å². The molecule has 0 saturated heterocycles. The van der Waals surface area contributed by atoms with E-state index in [4.69, 9.17) is 0 Å². The Hall–Kier alpha value is 0.370. The molecule has 0 spiro atoms. The summed E-state index contributed by atoms with van der Waals surface area (Å²) in [6.45, 7) is 0. The van der Waals surface area contributed by atoms with Crippen LogP contribution < -0.4 is 0 Å². The number of halogens is 3. The van der Waals surface area contributed by atoms with Gasteiger partial charge in [-0.25, -0.2) is 4.39 Å². The van der Waals surface area contributed by atoms with Crippen LogP contribution in [0, 0.1) is 0 Å². The topological polar surface area (TPSA) is 0 Å². The summed E-state index contributed by atoms with van der Waals surface area (Å²) in [4.78, 5) is 0. The Morgan fingerprint density at radius 1 is 1.70 bits per heavy atom. The van der Waals surface area contributed by atoms with Crippen LogP contribution in [-0.4, -0.2) is 11.0 Å². The standard InChI is InChI=1S/C7H7Br2F/c8-5-7(10)3-1-2-6(9)4-7/h1-2,4H,3,5H2. The van der Waals surface area contributed by atoms with Crippen LogP contribution in [0.2, 0.25) is 0 Å². The summed E-state index contributed by atoms with van der Waals surface area (Å²) in [6, 6.07) is 0. The molecule has 0 fully saturated rings. The number of alkyl halides is 2. The van der Waals surface area contributed by atoms with Crippen molar-refractivity contribution in [2.75, 3.05) is 5.33 Å². The highest BCUT2D eigenvalue weighted by atomic mass is 79.9.